The van der Waals surface area contributed by atoms with E-state index in [-0.39, 0.29) is 0 Å². The van der Waals surface area contributed by atoms with Crippen molar-refractivity contribution in [1.82, 2.24) is 10.2 Å². The molecule has 2 aliphatic rings. The van der Waals surface area contributed by atoms with Gasteiger partial charge < -0.3 is 5.32 Å². The van der Waals surface area contributed by atoms with Gasteiger partial charge in [-0.3, -0.25) is 4.90 Å². The van der Waals surface area contributed by atoms with E-state index in [0.717, 1.165) is 6.04 Å². The quantitative estimate of drug-likeness (QED) is 0.772. The summed E-state index contributed by atoms with van der Waals surface area (Å²) in [4.78, 5) is 2.73. The van der Waals surface area contributed by atoms with E-state index in [0.29, 0.717) is 5.41 Å². The molecule has 2 saturated heterocycles. The van der Waals surface area contributed by atoms with Crippen LogP contribution in [0.1, 0.15) is 52.4 Å². The van der Waals surface area contributed by atoms with Crippen molar-refractivity contribution < 1.29 is 0 Å². The molecule has 0 saturated carbocycles. The van der Waals surface area contributed by atoms with Crippen molar-refractivity contribution in [2.24, 2.45) is 5.41 Å². The highest BCUT2D eigenvalue weighted by atomic mass is 15.2. The molecule has 0 bridgehead atoms. The van der Waals surface area contributed by atoms with Gasteiger partial charge in [-0.25, -0.2) is 0 Å². The Bertz CT molecular complexity index is 195. The lowest BCUT2D eigenvalue weighted by molar-refractivity contribution is -0.0489. The van der Waals surface area contributed by atoms with Crippen molar-refractivity contribution in [3.05, 3.63) is 0 Å². The summed E-state index contributed by atoms with van der Waals surface area (Å²) in [6.07, 6.45) is 8.39. The monoisotopic (exact) mass is 224 g/mol. The number of hydrogen-bond donors (Lipinski definition) is 1. The van der Waals surface area contributed by atoms with Crippen LogP contribution in [0.3, 0.4) is 0 Å². The van der Waals surface area contributed by atoms with E-state index >= 15 is 0 Å². The molecule has 2 heteroatoms. The van der Waals surface area contributed by atoms with Crippen LogP contribution in [0.2, 0.25) is 0 Å². The van der Waals surface area contributed by atoms with Crippen LogP contribution in [0, 0.1) is 5.41 Å². The minimum atomic E-state index is 0.695. The van der Waals surface area contributed by atoms with Gasteiger partial charge in [0.05, 0.1) is 0 Å². The van der Waals surface area contributed by atoms with Crippen LogP contribution < -0.4 is 5.32 Å². The zero-order chi connectivity index (χ0) is 11.4. The van der Waals surface area contributed by atoms with Crippen molar-refractivity contribution in [1.29, 1.82) is 0 Å². The van der Waals surface area contributed by atoms with Crippen LogP contribution in [0.4, 0.5) is 0 Å². The van der Waals surface area contributed by atoms with Gasteiger partial charge in [0.25, 0.3) is 0 Å². The van der Waals surface area contributed by atoms with Crippen LogP contribution in [0.25, 0.3) is 0 Å². The number of likely N-dealkylation sites (tertiary alicyclic amines) is 1. The van der Waals surface area contributed by atoms with Crippen LogP contribution in [0.5, 0.6) is 0 Å². The maximum atomic E-state index is 3.53. The summed E-state index contributed by atoms with van der Waals surface area (Å²) >= 11 is 0. The second-order valence-corrected chi connectivity index (χ2v) is 5.91. The van der Waals surface area contributed by atoms with Gasteiger partial charge in [0, 0.05) is 25.7 Å². The summed E-state index contributed by atoms with van der Waals surface area (Å²) in [5.74, 6) is 0. The maximum absolute atomic E-state index is 3.53. The zero-order valence-corrected chi connectivity index (χ0v) is 11.1. The van der Waals surface area contributed by atoms with Gasteiger partial charge in [-0.05, 0) is 37.6 Å². The molecule has 0 aliphatic carbocycles. The largest absolute Gasteiger partial charge is 0.315 e. The van der Waals surface area contributed by atoms with Crippen LogP contribution in [0.15, 0.2) is 0 Å². The normalized spacial score (nSPS) is 30.0. The predicted molar refractivity (Wildman–Crippen MR) is 69.7 cm³/mol. The Morgan fingerprint density at radius 3 is 2.38 bits per heavy atom. The molecule has 2 nitrogen and oxygen atoms in total. The van der Waals surface area contributed by atoms with Gasteiger partial charge in [-0.1, -0.05) is 26.7 Å². The Morgan fingerprint density at radius 2 is 1.88 bits per heavy atom. The summed E-state index contributed by atoms with van der Waals surface area (Å²) in [5, 5.41) is 3.53. The molecule has 94 valence electrons. The van der Waals surface area contributed by atoms with E-state index in [1.165, 1.54) is 64.7 Å². The molecule has 1 N–H and O–H groups in total. The Hall–Kier alpha value is -0.0800. The highest BCUT2D eigenvalue weighted by molar-refractivity contribution is 4.98. The summed E-state index contributed by atoms with van der Waals surface area (Å²) in [6, 6.07) is 0.843. The Balaban J connectivity index is 1.80. The van der Waals surface area contributed by atoms with Crippen molar-refractivity contribution in [2.75, 3.05) is 26.2 Å². The number of hydrogen-bond acceptors (Lipinski definition) is 2. The Labute approximate surface area is 101 Å². The van der Waals surface area contributed by atoms with Crippen LogP contribution in [-0.2, 0) is 0 Å². The average molecular weight is 224 g/mol. The third-order valence-electron chi connectivity index (χ3n) is 4.42. The molecule has 0 aromatic rings. The molecule has 0 aromatic heterocycles. The molecular formula is C14H28N2. The van der Waals surface area contributed by atoms with Gasteiger partial charge in [0.2, 0.25) is 0 Å². The zero-order valence-electron chi connectivity index (χ0n) is 11.1. The summed E-state index contributed by atoms with van der Waals surface area (Å²) in [7, 11) is 0. The van der Waals surface area contributed by atoms with Crippen LogP contribution in [-0.4, -0.2) is 37.1 Å². The summed E-state index contributed by atoms with van der Waals surface area (Å²) < 4.78 is 0. The molecular weight excluding hydrogens is 196 g/mol. The maximum Gasteiger partial charge on any atom is 0.0221 e. The van der Waals surface area contributed by atoms with Crippen LogP contribution >= 0.6 is 0 Å². The Morgan fingerprint density at radius 1 is 1.19 bits per heavy atom. The first-order valence-corrected chi connectivity index (χ1v) is 7.24. The first kappa shape index (κ1) is 12.4. The molecule has 0 amide bonds. The molecule has 16 heavy (non-hydrogen) atoms. The highest BCUT2D eigenvalue weighted by Crippen LogP contribution is 2.41. The third kappa shape index (κ3) is 2.60. The lowest BCUT2D eigenvalue weighted by atomic mass is 9.71. The van der Waals surface area contributed by atoms with Gasteiger partial charge >= 0.3 is 0 Å². The average Bonchev–Trinajstić information content (AvgIpc) is 2.27. The number of rotatable bonds is 5. The van der Waals surface area contributed by atoms with E-state index in [4.69, 9.17) is 0 Å². The van der Waals surface area contributed by atoms with Crippen molar-refractivity contribution >= 4 is 0 Å². The number of nitrogens with zero attached hydrogens (tertiary/aromatic N) is 1. The molecule has 2 rings (SSSR count). The van der Waals surface area contributed by atoms with Crippen molar-refractivity contribution in [3.8, 4) is 0 Å². The van der Waals surface area contributed by atoms with Gasteiger partial charge in [-0.15, -0.1) is 0 Å². The second kappa shape index (κ2) is 5.50. The van der Waals surface area contributed by atoms with E-state index < -0.39 is 0 Å². The fourth-order valence-electron chi connectivity index (χ4n) is 3.72. The van der Waals surface area contributed by atoms with Gasteiger partial charge in [0.1, 0.15) is 0 Å². The van der Waals surface area contributed by atoms with E-state index in [1.807, 2.05) is 0 Å². The first-order chi connectivity index (χ1) is 7.79. The minimum Gasteiger partial charge on any atom is -0.315 e. The summed E-state index contributed by atoms with van der Waals surface area (Å²) in [5.41, 5.74) is 0.695. The molecule has 0 radical (unpaired) electrons. The minimum absolute atomic E-state index is 0.695. The Kier molecular flexibility index (Phi) is 4.26. The molecule has 2 heterocycles. The fourth-order valence-corrected chi connectivity index (χ4v) is 3.72. The van der Waals surface area contributed by atoms with Crippen molar-refractivity contribution in [3.63, 3.8) is 0 Å². The topological polar surface area (TPSA) is 15.3 Å². The fraction of sp³-hybridized carbons (Fsp3) is 1.00. The number of nitrogens with one attached hydrogen (secondary N) is 1. The summed E-state index contributed by atoms with van der Waals surface area (Å²) in [6.45, 7) is 9.89. The highest BCUT2D eigenvalue weighted by Gasteiger charge is 2.43. The van der Waals surface area contributed by atoms with Gasteiger partial charge in [-0.2, -0.15) is 0 Å². The SMILES string of the molecule is CCCC1(CCC)CN(C2CCCNC2)C1. The van der Waals surface area contributed by atoms with E-state index in [2.05, 4.69) is 24.1 Å². The smallest absolute Gasteiger partial charge is 0.0221 e. The van der Waals surface area contributed by atoms with E-state index in [1.54, 1.807) is 0 Å². The van der Waals surface area contributed by atoms with Crippen molar-refractivity contribution in [2.45, 2.75) is 58.4 Å². The lowest BCUT2D eigenvalue weighted by Gasteiger charge is -2.54. The number of piperidine rings is 1. The molecule has 2 aliphatic heterocycles. The predicted octanol–water partition coefficient (Wildman–Crippen LogP) is 2.64. The lowest BCUT2D eigenvalue weighted by Crippen LogP contribution is -2.62. The van der Waals surface area contributed by atoms with E-state index in [9.17, 15) is 0 Å². The van der Waals surface area contributed by atoms with Gasteiger partial charge in [0.15, 0.2) is 0 Å². The second-order valence-electron chi connectivity index (χ2n) is 5.91. The molecule has 0 aromatic carbocycles. The molecule has 1 unspecified atom stereocenters. The first-order valence-electron chi connectivity index (χ1n) is 7.24. The standard InChI is InChI=1S/C14H28N2/c1-3-7-14(8-4-2)11-16(12-14)13-6-5-9-15-10-13/h13,15H,3-12H2,1-2H3. The molecule has 0 spiro atoms. The molecule has 2 fully saturated rings. The third-order valence-corrected chi connectivity index (χ3v) is 4.42. The molecule has 1 atom stereocenters.